The Bertz CT molecular complexity index is 1310. The summed E-state index contributed by atoms with van der Waals surface area (Å²) in [5.74, 6) is 0.795. The van der Waals surface area contributed by atoms with Gasteiger partial charge < -0.3 is 9.47 Å². The standard InChI is InChI=1S/C26H20BrClN2O3/c27-20-7-3-5-18(13-20)16-33-25-12-11-19-6-1-2-10-23(19)24(25)15-29-30-26(31)17-32-22-9-4-8-21(28)14-22/h1-15H,16-17H2,(H,30,31)/b29-15+. The van der Waals surface area contributed by atoms with Crippen molar-refractivity contribution in [2.45, 2.75) is 6.61 Å². The molecule has 0 fully saturated rings. The Balaban J connectivity index is 1.47. The van der Waals surface area contributed by atoms with Crippen molar-refractivity contribution in [2.24, 2.45) is 5.10 Å². The molecule has 0 aliphatic heterocycles. The number of fused-ring (bicyclic) bond motifs is 1. The Labute approximate surface area is 205 Å². The van der Waals surface area contributed by atoms with Crippen molar-refractivity contribution in [3.05, 3.63) is 106 Å². The molecule has 0 unspecified atom stereocenters. The van der Waals surface area contributed by atoms with Gasteiger partial charge in [0.25, 0.3) is 5.91 Å². The van der Waals surface area contributed by atoms with Gasteiger partial charge in [-0.15, -0.1) is 0 Å². The summed E-state index contributed by atoms with van der Waals surface area (Å²) in [5, 5.41) is 6.69. The van der Waals surface area contributed by atoms with Gasteiger partial charge in [0.1, 0.15) is 18.1 Å². The summed E-state index contributed by atoms with van der Waals surface area (Å²) in [6.07, 6.45) is 1.59. The van der Waals surface area contributed by atoms with Crippen LogP contribution in [-0.4, -0.2) is 18.7 Å². The number of carbonyl (C=O) groups is 1. The van der Waals surface area contributed by atoms with Crippen LogP contribution < -0.4 is 14.9 Å². The van der Waals surface area contributed by atoms with E-state index < -0.39 is 0 Å². The predicted molar refractivity (Wildman–Crippen MR) is 135 cm³/mol. The second-order valence-electron chi connectivity index (χ2n) is 7.16. The third kappa shape index (κ3) is 6.34. The number of hydrazone groups is 1. The van der Waals surface area contributed by atoms with Gasteiger partial charge in [0.2, 0.25) is 0 Å². The molecule has 0 bridgehead atoms. The van der Waals surface area contributed by atoms with Crippen molar-refractivity contribution >= 4 is 50.4 Å². The summed E-state index contributed by atoms with van der Waals surface area (Å²) in [6.45, 7) is 0.220. The second kappa shape index (κ2) is 11.0. The first-order valence-electron chi connectivity index (χ1n) is 10.2. The molecule has 0 aliphatic carbocycles. The van der Waals surface area contributed by atoms with Crippen LogP contribution in [0.25, 0.3) is 10.8 Å². The van der Waals surface area contributed by atoms with E-state index in [1.54, 1.807) is 30.5 Å². The fourth-order valence-electron chi connectivity index (χ4n) is 3.23. The van der Waals surface area contributed by atoms with Crippen LogP contribution in [0.3, 0.4) is 0 Å². The van der Waals surface area contributed by atoms with Gasteiger partial charge in [-0.2, -0.15) is 5.10 Å². The van der Waals surface area contributed by atoms with Crippen molar-refractivity contribution in [2.75, 3.05) is 6.61 Å². The van der Waals surface area contributed by atoms with Crippen molar-refractivity contribution in [3.8, 4) is 11.5 Å². The molecule has 166 valence electrons. The molecule has 0 heterocycles. The second-order valence-corrected chi connectivity index (χ2v) is 8.51. The van der Waals surface area contributed by atoms with Crippen LogP contribution in [0, 0.1) is 0 Å². The minimum absolute atomic E-state index is 0.181. The van der Waals surface area contributed by atoms with Crippen LogP contribution in [0.2, 0.25) is 5.02 Å². The summed E-state index contributed by atoms with van der Waals surface area (Å²) in [6, 6.07) is 26.6. The first kappa shape index (κ1) is 22.8. The maximum absolute atomic E-state index is 12.2. The monoisotopic (exact) mass is 522 g/mol. The first-order valence-corrected chi connectivity index (χ1v) is 11.3. The molecule has 1 N–H and O–H groups in total. The molecule has 1 amide bonds. The van der Waals surface area contributed by atoms with Gasteiger partial charge in [0.05, 0.1) is 6.21 Å². The number of hydrogen-bond donors (Lipinski definition) is 1. The highest BCUT2D eigenvalue weighted by atomic mass is 79.9. The van der Waals surface area contributed by atoms with Gasteiger partial charge in [-0.1, -0.05) is 76.1 Å². The zero-order valence-electron chi connectivity index (χ0n) is 17.5. The molecule has 0 saturated heterocycles. The number of nitrogens with one attached hydrogen (secondary N) is 1. The van der Waals surface area contributed by atoms with E-state index in [2.05, 4.69) is 26.5 Å². The molecule has 0 radical (unpaired) electrons. The molecular weight excluding hydrogens is 504 g/mol. The number of ether oxygens (including phenoxy) is 2. The molecule has 0 saturated carbocycles. The van der Waals surface area contributed by atoms with Gasteiger partial charge >= 0.3 is 0 Å². The van der Waals surface area contributed by atoms with E-state index >= 15 is 0 Å². The molecule has 7 heteroatoms. The normalized spacial score (nSPS) is 11.0. The minimum atomic E-state index is -0.386. The first-order chi connectivity index (χ1) is 16.1. The maximum atomic E-state index is 12.2. The Morgan fingerprint density at radius 3 is 2.67 bits per heavy atom. The van der Waals surface area contributed by atoms with Crippen molar-refractivity contribution in [3.63, 3.8) is 0 Å². The molecule has 4 aromatic carbocycles. The third-order valence-corrected chi connectivity index (χ3v) is 5.49. The Hall–Kier alpha value is -3.35. The summed E-state index contributed by atoms with van der Waals surface area (Å²) in [5.41, 5.74) is 4.31. The maximum Gasteiger partial charge on any atom is 0.277 e. The number of hydrogen-bond acceptors (Lipinski definition) is 4. The summed E-state index contributed by atoms with van der Waals surface area (Å²) in [7, 11) is 0. The Morgan fingerprint density at radius 1 is 0.970 bits per heavy atom. The SMILES string of the molecule is O=C(COc1cccc(Cl)c1)N/N=C/c1c(OCc2cccc(Br)c2)ccc2ccccc12. The quantitative estimate of drug-likeness (QED) is 0.216. The fourth-order valence-corrected chi connectivity index (χ4v) is 3.86. The van der Waals surface area contributed by atoms with Gasteiger partial charge in [-0.3, -0.25) is 4.79 Å². The van der Waals surface area contributed by atoms with Crippen LogP contribution in [0.15, 0.2) is 94.5 Å². The Morgan fingerprint density at radius 2 is 1.82 bits per heavy atom. The molecule has 4 aromatic rings. The highest BCUT2D eigenvalue weighted by molar-refractivity contribution is 9.10. The lowest BCUT2D eigenvalue weighted by Crippen LogP contribution is -2.24. The smallest absolute Gasteiger partial charge is 0.277 e. The van der Waals surface area contributed by atoms with Gasteiger partial charge in [-0.25, -0.2) is 5.43 Å². The molecular formula is C26H20BrClN2O3. The van der Waals surface area contributed by atoms with Crippen molar-refractivity contribution in [1.82, 2.24) is 5.43 Å². The molecule has 0 aromatic heterocycles. The van der Waals surface area contributed by atoms with Crippen LogP contribution in [-0.2, 0) is 11.4 Å². The number of benzene rings is 4. The lowest BCUT2D eigenvalue weighted by molar-refractivity contribution is -0.123. The van der Waals surface area contributed by atoms with E-state index in [1.807, 2.05) is 60.7 Å². The van der Waals surface area contributed by atoms with Gasteiger partial charge in [-0.05, 0) is 52.7 Å². The van der Waals surface area contributed by atoms with E-state index in [0.717, 1.165) is 26.4 Å². The summed E-state index contributed by atoms with van der Waals surface area (Å²) >= 11 is 9.41. The zero-order valence-corrected chi connectivity index (χ0v) is 19.8. The molecule has 0 atom stereocenters. The van der Waals surface area contributed by atoms with Crippen molar-refractivity contribution < 1.29 is 14.3 Å². The van der Waals surface area contributed by atoms with Crippen LogP contribution in [0.1, 0.15) is 11.1 Å². The van der Waals surface area contributed by atoms with E-state index in [-0.39, 0.29) is 12.5 Å². The molecule has 33 heavy (non-hydrogen) atoms. The van der Waals surface area contributed by atoms with Gasteiger partial charge in [0.15, 0.2) is 6.61 Å². The van der Waals surface area contributed by atoms with Crippen LogP contribution in [0.4, 0.5) is 0 Å². The van der Waals surface area contributed by atoms with E-state index in [4.69, 9.17) is 21.1 Å². The van der Waals surface area contributed by atoms with Gasteiger partial charge in [0, 0.05) is 15.1 Å². The zero-order chi connectivity index (χ0) is 23.0. The number of amides is 1. The average molecular weight is 524 g/mol. The lowest BCUT2D eigenvalue weighted by atomic mass is 10.0. The van der Waals surface area contributed by atoms with E-state index in [9.17, 15) is 4.79 Å². The lowest BCUT2D eigenvalue weighted by Gasteiger charge is -2.12. The molecule has 0 aliphatic rings. The largest absolute Gasteiger partial charge is 0.488 e. The van der Waals surface area contributed by atoms with E-state index in [0.29, 0.717) is 23.1 Å². The highest BCUT2D eigenvalue weighted by Crippen LogP contribution is 2.27. The van der Waals surface area contributed by atoms with Crippen LogP contribution in [0.5, 0.6) is 11.5 Å². The van der Waals surface area contributed by atoms with E-state index in [1.165, 1.54) is 0 Å². The highest BCUT2D eigenvalue weighted by Gasteiger charge is 2.09. The molecule has 0 spiro atoms. The number of rotatable bonds is 8. The minimum Gasteiger partial charge on any atom is -0.488 e. The fraction of sp³-hybridized carbons (Fsp3) is 0.0769. The number of carbonyl (C=O) groups excluding carboxylic acids is 1. The predicted octanol–water partition coefficient (Wildman–Crippen LogP) is 6.36. The summed E-state index contributed by atoms with van der Waals surface area (Å²) < 4.78 is 12.5. The Kier molecular flexibility index (Phi) is 7.60. The molecule has 4 rings (SSSR count). The molecule has 5 nitrogen and oxygen atoms in total. The number of halogens is 2. The third-order valence-electron chi connectivity index (χ3n) is 4.76. The van der Waals surface area contributed by atoms with Crippen molar-refractivity contribution in [1.29, 1.82) is 0 Å². The summed E-state index contributed by atoms with van der Waals surface area (Å²) in [4.78, 5) is 12.2. The number of nitrogens with zero attached hydrogens (tertiary/aromatic N) is 1. The average Bonchev–Trinajstić information content (AvgIpc) is 2.82. The van der Waals surface area contributed by atoms with Crippen LogP contribution >= 0.6 is 27.5 Å². The topological polar surface area (TPSA) is 59.9 Å².